The fraction of sp³-hybridized carbons (Fsp3) is 0.550. The summed E-state index contributed by atoms with van der Waals surface area (Å²) >= 11 is 0. The van der Waals surface area contributed by atoms with E-state index in [1.165, 1.54) is 7.11 Å². The maximum absolute atomic E-state index is 12.0. The van der Waals surface area contributed by atoms with Crippen LogP contribution < -0.4 is 4.90 Å². The van der Waals surface area contributed by atoms with Crippen LogP contribution in [0.2, 0.25) is 0 Å². The Labute approximate surface area is 159 Å². The van der Waals surface area contributed by atoms with Gasteiger partial charge < -0.3 is 19.5 Å². The van der Waals surface area contributed by atoms with Crippen LogP contribution >= 0.6 is 0 Å². The monoisotopic (exact) mass is 377 g/mol. The molecular weight excluding hydrogens is 350 g/mol. The fourth-order valence-electron chi connectivity index (χ4n) is 3.14. The van der Waals surface area contributed by atoms with Crippen molar-refractivity contribution in [3.05, 3.63) is 29.3 Å². The second-order valence-corrected chi connectivity index (χ2v) is 7.86. The van der Waals surface area contributed by atoms with Crippen molar-refractivity contribution in [3.63, 3.8) is 0 Å². The first-order chi connectivity index (χ1) is 12.6. The van der Waals surface area contributed by atoms with Crippen molar-refractivity contribution < 1.29 is 29.0 Å². The summed E-state index contributed by atoms with van der Waals surface area (Å²) in [4.78, 5) is 37.0. The highest BCUT2D eigenvalue weighted by atomic mass is 16.6. The smallest absolute Gasteiger partial charge is 0.338 e. The Bertz CT molecular complexity index is 714. The number of nitrogens with zero attached hydrogens (tertiary/aromatic N) is 1. The van der Waals surface area contributed by atoms with E-state index in [4.69, 9.17) is 4.74 Å². The van der Waals surface area contributed by atoms with E-state index in [1.54, 1.807) is 39.0 Å². The quantitative estimate of drug-likeness (QED) is 0.622. The van der Waals surface area contributed by atoms with Crippen LogP contribution in [0.25, 0.3) is 0 Å². The largest absolute Gasteiger partial charge is 0.465 e. The second-order valence-electron chi connectivity index (χ2n) is 7.86. The number of aliphatic hydroxyl groups is 1. The van der Waals surface area contributed by atoms with E-state index >= 15 is 0 Å². The molecule has 0 aromatic heterocycles. The average molecular weight is 377 g/mol. The molecule has 0 amide bonds. The van der Waals surface area contributed by atoms with E-state index in [0.29, 0.717) is 32.2 Å². The molecule has 2 rings (SSSR count). The van der Waals surface area contributed by atoms with Gasteiger partial charge in [-0.1, -0.05) is 0 Å². The normalized spacial score (nSPS) is 16.6. The van der Waals surface area contributed by atoms with Crippen molar-refractivity contribution in [2.75, 3.05) is 25.1 Å². The summed E-state index contributed by atoms with van der Waals surface area (Å²) in [6.45, 7) is 6.42. The molecule has 1 heterocycles. The van der Waals surface area contributed by atoms with Gasteiger partial charge in [-0.15, -0.1) is 0 Å². The lowest BCUT2D eigenvalue weighted by Gasteiger charge is -2.39. The minimum absolute atomic E-state index is 0.0427. The highest BCUT2D eigenvalue weighted by Crippen LogP contribution is 2.30. The number of carbonyl (C=O) groups excluding carboxylic acids is 3. The van der Waals surface area contributed by atoms with Gasteiger partial charge in [0.25, 0.3) is 0 Å². The zero-order valence-electron chi connectivity index (χ0n) is 16.3. The van der Waals surface area contributed by atoms with Crippen LogP contribution in [0.5, 0.6) is 0 Å². The third-order valence-corrected chi connectivity index (χ3v) is 4.52. The van der Waals surface area contributed by atoms with Crippen molar-refractivity contribution >= 4 is 23.9 Å². The summed E-state index contributed by atoms with van der Waals surface area (Å²) in [7, 11) is 1.26. The molecule has 7 nitrogen and oxygen atoms in total. The summed E-state index contributed by atoms with van der Waals surface area (Å²) in [6.07, 6.45) is 1.39. The molecule has 0 aliphatic carbocycles. The molecule has 1 aliphatic heterocycles. The summed E-state index contributed by atoms with van der Waals surface area (Å²) in [5.74, 6) is -0.974. The molecule has 1 N–H and O–H groups in total. The molecule has 1 saturated heterocycles. The van der Waals surface area contributed by atoms with Crippen LogP contribution in [0.4, 0.5) is 5.69 Å². The molecular formula is C20H27NO6. The van der Waals surface area contributed by atoms with Gasteiger partial charge in [-0.2, -0.15) is 0 Å². The molecule has 148 valence electrons. The minimum atomic E-state index is -1.10. The summed E-state index contributed by atoms with van der Waals surface area (Å²) in [5, 5.41) is 10.7. The van der Waals surface area contributed by atoms with Crippen LogP contribution in [0.15, 0.2) is 18.2 Å². The number of carbonyl (C=O) groups is 3. The van der Waals surface area contributed by atoms with E-state index in [-0.39, 0.29) is 17.5 Å². The number of hydrogen-bond acceptors (Lipinski definition) is 7. The van der Waals surface area contributed by atoms with Gasteiger partial charge in [-0.05, 0) is 51.8 Å². The van der Waals surface area contributed by atoms with Crippen LogP contribution in [0.1, 0.15) is 60.7 Å². The van der Waals surface area contributed by atoms with Gasteiger partial charge in [0.1, 0.15) is 5.60 Å². The van der Waals surface area contributed by atoms with Crippen LogP contribution in [-0.4, -0.2) is 54.7 Å². The Hall–Kier alpha value is -2.41. The van der Waals surface area contributed by atoms with E-state index in [0.717, 1.165) is 5.69 Å². The Morgan fingerprint density at radius 1 is 1.26 bits per heavy atom. The lowest BCUT2D eigenvalue weighted by atomic mass is 9.88. The second kappa shape index (κ2) is 8.08. The lowest BCUT2D eigenvalue weighted by molar-refractivity contribution is -0.161. The first-order valence-electron chi connectivity index (χ1n) is 8.94. The third-order valence-electron chi connectivity index (χ3n) is 4.52. The number of methoxy groups -OCH3 is 1. The molecule has 0 atom stereocenters. The predicted molar refractivity (Wildman–Crippen MR) is 100 cm³/mol. The summed E-state index contributed by atoms with van der Waals surface area (Å²) in [5.41, 5.74) is -0.424. The number of aldehydes is 1. The van der Waals surface area contributed by atoms with E-state index in [1.807, 2.05) is 4.90 Å². The van der Waals surface area contributed by atoms with E-state index in [2.05, 4.69) is 4.74 Å². The molecule has 7 heteroatoms. The maximum Gasteiger partial charge on any atom is 0.338 e. The van der Waals surface area contributed by atoms with Gasteiger partial charge in [0.15, 0.2) is 6.29 Å². The number of esters is 2. The van der Waals surface area contributed by atoms with Gasteiger partial charge in [-0.25, -0.2) is 4.79 Å². The molecule has 1 fully saturated rings. The molecule has 1 aliphatic rings. The Morgan fingerprint density at radius 3 is 2.41 bits per heavy atom. The third kappa shape index (κ3) is 5.53. The molecule has 0 bridgehead atoms. The van der Waals surface area contributed by atoms with Gasteiger partial charge >= 0.3 is 11.9 Å². The molecule has 1 aromatic carbocycles. The molecule has 0 spiro atoms. The standard InChI is InChI=1S/C20H27NO6/c1-19(2,3)27-17(23)12-20(25)7-9-21(10-8-20)15-5-6-16(18(24)26-4)14(11-15)13-22/h5-6,11,13,25H,7-10,12H2,1-4H3. The summed E-state index contributed by atoms with van der Waals surface area (Å²) < 4.78 is 9.97. The SMILES string of the molecule is COC(=O)c1ccc(N2CCC(O)(CC(=O)OC(C)(C)C)CC2)cc1C=O. The number of rotatable bonds is 5. The predicted octanol–water partition coefficient (Wildman–Crippen LogP) is 2.35. The average Bonchev–Trinajstić information content (AvgIpc) is 2.59. The summed E-state index contributed by atoms with van der Waals surface area (Å²) in [6, 6.07) is 4.95. The number of hydrogen-bond donors (Lipinski definition) is 1. The number of ether oxygens (including phenoxy) is 2. The Balaban J connectivity index is 2.03. The number of benzene rings is 1. The first kappa shape index (κ1) is 20.9. The number of anilines is 1. The fourth-order valence-corrected chi connectivity index (χ4v) is 3.14. The van der Waals surface area contributed by atoms with Crippen molar-refractivity contribution in [2.45, 2.75) is 51.2 Å². The Morgan fingerprint density at radius 2 is 1.89 bits per heavy atom. The zero-order valence-corrected chi connectivity index (χ0v) is 16.3. The van der Waals surface area contributed by atoms with Gasteiger partial charge in [0, 0.05) is 24.3 Å². The first-order valence-corrected chi connectivity index (χ1v) is 8.94. The number of piperidine rings is 1. The van der Waals surface area contributed by atoms with Gasteiger partial charge in [0.2, 0.25) is 0 Å². The van der Waals surface area contributed by atoms with Crippen molar-refractivity contribution in [1.29, 1.82) is 0 Å². The molecule has 1 aromatic rings. The van der Waals surface area contributed by atoms with Crippen molar-refractivity contribution in [1.82, 2.24) is 0 Å². The van der Waals surface area contributed by atoms with E-state index in [9.17, 15) is 19.5 Å². The lowest BCUT2D eigenvalue weighted by Crippen LogP contribution is -2.46. The maximum atomic E-state index is 12.0. The van der Waals surface area contributed by atoms with Gasteiger partial charge in [0.05, 0.1) is 24.7 Å². The van der Waals surface area contributed by atoms with E-state index < -0.39 is 23.1 Å². The highest BCUT2D eigenvalue weighted by Gasteiger charge is 2.36. The highest BCUT2D eigenvalue weighted by molar-refractivity contribution is 5.99. The zero-order chi connectivity index (χ0) is 20.2. The minimum Gasteiger partial charge on any atom is -0.465 e. The molecule has 0 radical (unpaired) electrons. The van der Waals surface area contributed by atoms with Crippen molar-refractivity contribution in [3.8, 4) is 0 Å². The van der Waals surface area contributed by atoms with Crippen molar-refractivity contribution in [2.24, 2.45) is 0 Å². The van der Waals surface area contributed by atoms with Gasteiger partial charge in [-0.3, -0.25) is 9.59 Å². The molecule has 27 heavy (non-hydrogen) atoms. The Kier molecular flexibility index (Phi) is 6.26. The molecule has 0 saturated carbocycles. The van der Waals surface area contributed by atoms with Crippen LogP contribution in [0, 0.1) is 0 Å². The molecule has 0 unspecified atom stereocenters. The van der Waals surface area contributed by atoms with Crippen LogP contribution in [0.3, 0.4) is 0 Å². The van der Waals surface area contributed by atoms with Crippen LogP contribution in [-0.2, 0) is 14.3 Å². The topological polar surface area (TPSA) is 93.1 Å².